The molecule has 2 aliphatic rings. The van der Waals surface area contributed by atoms with Gasteiger partial charge in [-0.1, -0.05) is 78.1 Å². The SMILES string of the molecule is CCCCCCCCN1C(=O)c2ccc3c4c(c(C#N)cc(c24)C1=O)C(=O)N(CCCCCCCC)C3=O. The molecule has 38 heavy (non-hydrogen) atoms. The average molecular weight is 516 g/mol. The fourth-order valence-electron chi connectivity index (χ4n) is 5.66. The lowest BCUT2D eigenvalue weighted by atomic mass is 9.83. The maximum Gasteiger partial charge on any atom is 0.262 e. The first kappa shape index (κ1) is 27.5. The molecule has 0 fully saturated rings. The molecule has 0 unspecified atom stereocenters. The van der Waals surface area contributed by atoms with Gasteiger partial charge in [0.25, 0.3) is 23.6 Å². The van der Waals surface area contributed by atoms with Crippen LogP contribution in [0.2, 0.25) is 0 Å². The first-order valence-electron chi connectivity index (χ1n) is 14.2. The largest absolute Gasteiger partial charge is 0.274 e. The molecule has 0 atom stereocenters. The van der Waals surface area contributed by atoms with Crippen LogP contribution in [-0.2, 0) is 0 Å². The summed E-state index contributed by atoms with van der Waals surface area (Å²) in [6.45, 7) is 4.89. The van der Waals surface area contributed by atoms with E-state index in [1.807, 2.05) is 0 Å². The fourth-order valence-corrected chi connectivity index (χ4v) is 5.66. The molecule has 4 rings (SSSR count). The van der Waals surface area contributed by atoms with E-state index < -0.39 is 23.6 Å². The Hall–Kier alpha value is -3.53. The van der Waals surface area contributed by atoms with E-state index in [0.29, 0.717) is 30.3 Å². The van der Waals surface area contributed by atoms with Crippen molar-refractivity contribution < 1.29 is 19.2 Å². The maximum absolute atomic E-state index is 13.5. The van der Waals surface area contributed by atoms with Crippen LogP contribution in [0.4, 0.5) is 0 Å². The number of carbonyl (C=O) groups is 4. The van der Waals surface area contributed by atoms with Gasteiger partial charge in [0.15, 0.2) is 0 Å². The molecule has 0 radical (unpaired) electrons. The summed E-state index contributed by atoms with van der Waals surface area (Å²) in [7, 11) is 0. The number of rotatable bonds is 14. The van der Waals surface area contributed by atoms with E-state index >= 15 is 0 Å². The van der Waals surface area contributed by atoms with Gasteiger partial charge in [-0.3, -0.25) is 29.0 Å². The Labute approximate surface area is 224 Å². The van der Waals surface area contributed by atoms with Gasteiger partial charge in [0, 0.05) is 35.0 Å². The van der Waals surface area contributed by atoms with E-state index in [1.165, 1.54) is 28.7 Å². The Morgan fingerprint density at radius 2 is 1.05 bits per heavy atom. The van der Waals surface area contributed by atoms with Gasteiger partial charge < -0.3 is 0 Å². The number of nitrogens with zero attached hydrogens (tertiary/aromatic N) is 3. The molecule has 2 aromatic rings. The van der Waals surface area contributed by atoms with E-state index in [1.54, 1.807) is 12.1 Å². The highest BCUT2D eigenvalue weighted by atomic mass is 16.2. The lowest BCUT2D eigenvalue weighted by molar-refractivity contribution is 0.0586. The summed E-state index contributed by atoms with van der Waals surface area (Å²) in [5.74, 6) is -1.83. The van der Waals surface area contributed by atoms with Gasteiger partial charge >= 0.3 is 0 Å². The van der Waals surface area contributed by atoms with Crippen LogP contribution >= 0.6 is 0 Å². The molecule has 2 aliphatic heterocycles. The zero-order valence-electron chi connectivity index (χ0n) is 22.6. The summed E-state index contributed by atoms with van der Waals surface area (Å²) in [6.07, 6.45) is 12.3. The van der Waals surface area contributed by atoms with Crippen LogP contribution in [0.25, 0.3) is 10.8 Å². The van der Waals surface area contributed by atoms with Crippen LogP contribution in [0, 0.1) is 11.3 Å². The number of benzene rings is 2. The zero-order chi connectivity index (χ0) is 27.2. The van der Waals surface area contributed by atoms with E-state index in [2.05, 4.69) is 19.9 Å². The predicted octanol–water partition coefficient (Wildman–Crippen LogP) is 6.62. The number of carbonyl (C=O) groups excluding carboxylic acids is 4. The number of hydrogen-bond acceptors (Lipinski definition) is 5. The van der Waals surface area contributed by atoms with Gasteiger partial charge in [0.2, 0.25) is 0 Å². The van der Waals surface area contributed by atoms with Gasteiger partial charge in [-0.2, -0.15) is 5.26 Å². The van der Waals surface area contributed by atoms with Gasteiger partial charge in [-0.25, -0.2) is 0 Å². The molecule has 0 bridgehead atoms. The van der Waals surface area contributed by atoms with Crippen molar-refractivity contribution in [2.45, 2.75) is 90.9 Å². The highest BCUT2D eigenvalue weighted by Gasteiger charge is 2.41. The van der Waals surface area contributed by atoms with Crippen molar-refractivity contribution in [3.05, 3.63) is 46.0 Å². The lowest BCUT2D eigenvalue weighted by Crippen LogP contribution is -2.44. The standard InChI is InChI=1S/C31H37N3O4/c1-3-5-7-9-11-13-17-33-28(35)22-15-16-23-27-25(21(20-32)19-24(26(22)27)30(33)37)31(38)34(29(23)36)18-14-12-10-8-6-4-2/h15-16,19H,3-14,17-18H2,1-2H3. The summed E-state index contributed by atoms with van der Waals surface area (Å²) >= 11 is 0. The Balaban J connectivity index is 1.63. The third-order valence-corrected chi connectivity index (χ3v) is 7.76. The molecule has 0 saturated carbocycles. The van der Waals surface area contributed by atoms with E-state index in [4.69, 9.17) is 0 Å². The molecule has 0 aromatic heterocycles. The van der Waals surface area contributed by atoms with Crippen LogP contribution in [0.3, 0.4) is 0 Å². The highest BCUT2D eigenvalue weighted by Crippen LogP contribution is 2.39. The predicted molar refractivity (Wildman–Crippen MR) is 146 cm³/mol. The average Bonchev–Trinajstić information content (AvgIpc) is 2.92. The fraction of sp³-hybridized carbons (Fsp3) is 0.516. The molecular formula is C31H37N3O4. The molecule has 0 N–H and O–H groups in total. The van der Waals surface area contributed by atoms with Crippen LogP contribution in [0.15, 0.2) is 18.2 Å². The molecule has 0 saturated heterocycles. The Morgan fingerprint density at radius 3 is 1.58 bits per heavy atom. The minimum absolute atomic E-state index is 0.0681. The first-order chi connectivity index (χ1) is 18.5. The van der Waals surface area contributed by atoms with Crippen molar-refractivity contribution >= 4 is 34.4 Å². The Morgan fingerprint density at radius 1 is 0.605 bits per heavy atom. The molecule has 2 heterocycles. The zero-order valence-corrected chi connectivity index (χ0v) is 22.6. The van der Waals surface area contributed by atoms with Crippen molar-refractivity contribution in [1.29, 1.82) is 5.26 Å². The molecule has 4 amide bonds. The summed E-state index contributed by atoms with van der Waals surface area (Å²) < 4.78 is 0. The molecule has 7 heteroatoms. The lowest BCUT2D eigenvalue weighted by Gasteiger charge is -2.32. The monoisotopic (exact) mass is 515 g/mol. The van der Waals surface area contributed by atoms with Crippen molar-refractivity contribution in [2.75, 3.05) is 13.1 Å². The summed E-state index contributed by atoms with van der Waals surface area (Å²) in [4.78, 5) is 56.3. The molecule has 200 valence electrons. The molecule has 2 aromatic carbocycles. The quantitative estimate of drug-likeness (QED) is 0.208. The normalized spacial score (nSPS) is 14.6. The molecular weight excluding hydrogens is 478 g/mol. The van der Waals surface area contributed by atoms with Crippen molar-refractivity contribution in [1.82, 2.24) is 9.80 Å². The summed E-state index contributed by atoms with van der Waals surface area (Å²) in [6, 6.07) is 6.68. The Kier molecular flexibility index (Phi) is 8.93. The third-order valence-electron chi connectivity index (χ3n) is 7.76. The minimum Gasteiger partial charge on any atom is -0.274 e. The number of amides is 4. The Bertz CT molecular complexity index is 1310. The van der Waals surface area contributed by atoms with Crippen molar-refractivity contribution in [3.8, 4) is 6.07 Å². The number of imide groups is 2. The minimum atomic E-state index is -0.522. The van der Waals surface area contributed by atoms with E-state index in [9.17, 15) is 24.4 Å². The topological polar surface area (TPSA) is 98.6 Å². The first-order valence-corrected chi connectivity index (χ1v) is 14.2. The van der Waals surface area contributed by atoms with Gasteiger partial charge in [0.05, 0.1) is 16.7 Å². The maximum atomic E-state index is 13.5. The molecule has 0 spiro atoms. The van der Waals surface area contributed by atoms with Gasteiger partial charge in [0.1, 0.15) is 6.07 Å². The van der Waals surface area contributed by atoms with Crippen LogP contribution in [0.1, 0.15) is 138 Å². The summed E-state index contributed by atoms with van der Waals surface area (Å²) in [5.41, 5.74) is 0.984. The van der Waals surface area contributed by atoms with Crippen LogP contribution in [-0.4, -0.2) is 46.5 Å². The highest BCUT2D eigenvalue weighted by molar-refractivity contribution is 6.33. The molecule has 0 aliphatic carbocycles. The number of nitriles is 1. The summed E-state index contributed by atoms with van der Waals surface area (Å²) in [5, 5.41) is 10.5. The van der Waals surface area contributed by atoms with Crippen molar-refractivity contribution in [2.24, 2.45) is 0 Å². The van der Waals surface area contributed by atoms with Crippen molar-refractivity contribution in [3.63, 3.8) is 0 Å². The van der Waals surface area contributed by atoms with E-state index in [0.717, 1.165) is 51.4 Å². The van der Waals surface area contributed by atoms with E-state index in [-0.39, 0.29) is 34.2 Å². The van der Waals surface area contributed by atoms with Crippen LogP contribution in [0.5, 0.6) is 0 Å². The third kappa shape index (κ3) is 5.09. The number of hydrogen-bond donors (Lipinski definition) is 0. The van der Waals surface area contributed by atoms with Gasteiger partial charge in [-0.15, -0.1) is 0 Å². The second-order valence-electron chi connectivity index (χ2n) is 10.4. The van der Waals surface area contributed by atoms with Gasteiger partial charge in [-0.05, 0) is 31.0 Å². The number of unbranched alkanes of at least 4 members (excludes halogenated alkanes) is 10. The molecule has 7 nitrogen and oxygen atoms in total. The smallest absolute Gasteiger partial charge is 0.262 e. The van der Waals surface area contributed by atoms with Crippen LogP contribution < -0.4 is 0 Å². The second-order valence-corrected chi connectivity index (χ2v) is 10.4. The second kappa shape index (κ2) is 12.3.